The van der Waals surface area contributed by atoms with Crippen LogP contribution in [0.5, 0.6) is 0 Å². The van der Waals surface area contributed by atoms with Gasteiger partial charge in [0, 0.05) is 6.04 Å². The first-order valence-corrected chi connectivity index (χ1v) is 8.44. The van der Waals surface area contributed by atoms with Gasteiger partial charge in [0.05, 0.1) is 6.04 Å². The zero-order valence-electron chi connectivity index (χ0n) is 13.8. The number of aryl methyl sites for hydroxylation is 1. The topological polar surface area (TPSA) is 29.5 Å². The summed E-state index contributed by atoms with van der Waals surface area (Å²) in [6.45, 7) is 4.29. The number of carbonyl (C=O) groups excluding carboxylic acids is 1. The van der Waals surface area contributed by atoms with Crippen molar-refractivity contribution in [3.8, 4) is 0 Å². The van der Waals surface area contributed by atoms with Crippen LogP contribution in [0.3, 0.4) is 0 Å². The number of amides is 1. The first-order chi connectivity index (χ1) is 11.8. The predicted octanol–water partition coefficient (Wildman–Crippen LogP) is 4.76. The van der Waals surface area contributed by atoms with Gasteiger partial charge in [-0.1, -0.05) is 66.7 Å². The smallest absolute Gasteiger partial charge is 0.410 e. The van der Waals surface area contributed by atoms with Crippen LogP contribution in [0.4, 0.5) is 4.79 Å². The Bertz CT molecular complexity index is 669. The minimum atomic E-state index is -0.219. The standard InChI is InChI=1S/C21H23NO2/c1-2-9-19(15-14-17-10-5-3-6-11-17)22-20(16-24-21(22)23)18-12-7-4-8-13-18/h2-8,10-13,19-20H,1,9,14-16H2/t19-,20+/m1/s1. The molecule has 0 bridgehead atoms. The molecular weight excluding hydrogens is 298 g/mol. The number of hydrogen-bond acceptors (Lipinski definition) is 2. The van der Waals surface area contributed by atoms with E-state index < -0.39 is 0 Å². The Balaban J connectivity index is 1.77. The van der Waals surface area contributed by atoms with Crippen LogP contribution in [-0.2, 0) is 11.2 Å². The quantitative estimate of drug-likeness (QED) is 0.688. The molecule has 0 aliphatic carbocycles. The van der Waals surface area contributed by atoms with E-state index in [0.29, 0.717) is 6.61 Å². The molecule has 1 saturated heterocycles. The second kappa shape index (κ2) is 7.82. The fourth-order valence-corrected chi connectivity index (χ4v) is 3.31. The van der Waals surface area contributed by atoms with Crippen LogP contribution in [0, 0.1) is 0 Å². The van der Waals surface area contributed by atoms with Crippen molar-refractivity contribution in [1.29, 1.82) is 0 Å². The summed E-state index contributed by atoms with van der Waals surface area (Å²) in [5.74, 6) is 0. The molecule has 124 valence electrons. The maximum Gasteiger partial charge on any atom is 0.410 e. The first kappa shape index (κ1) is 16.3. The van der Waals surface area contributed by atoms with Gasteiger partial charge in [-0.2, -0.15) is 0 Å². The molecule has 24 heavy (non-hydrogen) atoms. The molecule has 2 aromatic rings. The second-order valence-corrected chi connectivity index (χ2v) is 6.11. The molecule has 1 fully saturated rings. The third-order valence-corrected chi connectivity index (χ3v) is 4.54. The van der Waals surface area contributed by atoms with Gasteiger partial charge in [-0.3, -0.25) is 4.90 Å². The molecule has 0 unspecified atom stereocenters. The SMILES string of the molecule is C=CC[C@H](CCc1ccccc1)N1C(=O)OC[C@H]1c1ccccc1. The van der Waals surface area contributed by atoms with Crippen molar-refractivity contribution in [3.63, 3.8) is 0 Å². The Morgan fingerprint density at radius 1 is 1.12 bits per heavy atom. The Labute approximate surface area is 143 Å². The van der Waals surface area contributed by atoms with Gasteiger partial charge in [-0.15, -0.1) is 6.58 Å². The van der Waals surface area contributed by atoms with Gasteiger partial charge in [0.15, 0.2) is 0 Å². The van der Waals surface area contributed by atoms with Crippen molar-refractivity contribution in [2.75, 3.05) is 6.61 Å². The number of nitrogens with zero attached hydrogens (tertiary/aromatic N) is 1. The Kier molecular flexibility index (Phi) is 5.32. The van der Waals surface area contributed by atoms with E-state index in [9.17, 15) is 4.79 Å². The maximum atomic E-state index is 12.4. The molecule has 1 amide bonds. The predicted molar refractivity (Wildman–Crippen MR) is 95.7 cm³/mol. The summed E-state index contributed by atoms with van der Waals surface area (Å²) in [4.78, 5) is 14.3. The van der Waals surface area contributed by atoms with Crippen LogP contribution in [0.25, 0.3) is 0 Å². The number of cyclic esters (lactones) is 1. The van der Waals surface area contributed by atoms with E-state index in [1.165, 1.54) is 5.56 Å². The lowest BCUT2D eigenvalue weighted by Gasteiger charge is -2.30. The average Bonchev–Trinajstić information content (AvgIpc) is 3.02. The van der Waals surface area contributed by atoms with Crippen LogP contribution < -0.4 is 0 Å². The molecule has 1 heterocycles. The minimum Gasteiger partial charge on any atom is -0.447 e. The Morgan fingerprint density at radius 3 is 2.46 bits per heavy atom. The first-order valence-electron chi connectivity index (χ1n) is 8.44. The lowest BCUT2D eigenvalue weighted by molar-refractivity contribution is 0.141. The van der Waals surface area contributed by atoms with Gasteiger partial charge >= 0.3 is 6.09 Å². The third-order valence-electron chi connectivity index (χ3n) is 4.54. The van der Waals surface area contributed by atoms with Crippen molar-refractivity contribution < 1.29 is 9.53 Å². The van der Waals surface area contributed by atoms with E-state index in [0.717, 1.165) is 24.8 Å². The largest absolute Gasteiger partial charge is 0.447 e. The lowest BCUT2D eigenvalue weighted by Crippen LogP contribution is -2.38. The minimum absolute atomic E-state index is 0.0144. The molecule has 3 nitrogen and oxygen atoms in total. The van der Waals surface area contributed by atoms with Gasteiger partial charge in [0.25, 0.3) is 0 Å². The van der Waals surface area contributed by atoms with Crippen LogP contribution in [0.1, 0.15) is 30.0 Å². The van der Waals surface area contributed by atoms with E-state index in [1.807, 2.05) is 35.2 Å². The highest BCUT2D eigenvalue weighted by molar-refractivity contribution is 5.71. The molecule has 0 aromatic heterocycles. The second-order valence-electron chi connectivity index (χ2n) is 6.11. The van der Waals surface area contributed by atoms with Crippen molar-refractivity contribution in [2.24, 2.45) is 0 Å². The fraction of sp³-hybridized carbons (Fsp3) is 0.286. The summed E-state index contributed by atoms with van der Waals surface area (Å²) < 4.78 is 5.36. The maximum absolute atomic E-state index is 12.4. The molecule has 0 spiro atoms. The highest BCUT2D eigenvalue weighted by Gasteiger charge is 2.38. The zero-order chi connectivity index (χ0) is 16.8. The molecule has 0 radical (unpaired) electrons. The molecule has 1 aliphatic rings. The average molecular weight is 321 g/mol. The summed E-state index contributed by atoms with van der Waals surface area (Å²) in [6.07, 6.45) is 4.27. The molecule has 0 N–H and O–H groups in total. The van der Waals surface area contributed by atoms with E-state index >= 15 is 0 Å². The lowest BCUT2D eigenvalue weighted by atomic mass is 9.98. The number of rotatable bonds is 7. The van der Waals surface area contributed by atoms with Crippen molar-refractivity contribution in [1.82, 2.24) is 4.90 Å². The Hall–Kier alpha value is -2.55. The summed E-state index contributed by atoms with van der Waals surface area (Å²) in [7, 11) is 0. The number of ether oxygens (including phenoxy) is 1. The Morgan fingerprint density at radius 2 is 1.79 bits per heavy atom. The molecule has 2 atom stereocenters. The van der Waals surface area contributed by atoms with Gasteiger partial charge in [-0.25, -0.2) is 4.79 Å². The summed E-state index contributed by atoms with van der Waals surface area (Å²) >= 11 is 0. The molecule has 2 aromatic carbocycles. The van der Waals surface area contributed by atoms with E-state index in [2.05, 4.69) is 43.0 Å². The fourth-order valence-electron chi connectivity index (χ4n) is 3.31. The van der Waals surface area contributed by atoms with Crippen molar-refractivity contribution in [2.45, 2.75) is 31.3 Å². The van der Waals surface area contributed by atoms with Crippen LogP contribution in [-0.4, -0.2) is 23.6 Å². The molecule has 0 saturated carbocycles. The third kappa shape index (κ3) is 3.67. The summed E-state index contributed by atoms with van der Waals surface area (Å²) in [6, 6.07) is 20.6. The van der Waals surface area contributed by atoms with Crippen LogP contribution in [0.2, 0.25) is 0 Å². The van der Waals surface area contributed by atoms with Gasteiger partial charge < -0.3 is 4.74 Å². The summed E-state index contributed by atoms with van der Waals surface area (Å²) in [5.41, 5.74) is 2.41. The normalized spacial score (nSPS) is 18.2. The van der Waals surface area contributed by atoms with E-state index in [1.54, 1.807) is 0 Å². The number of hydrogen-bond donors (Lipinski definition) is 0. The molecule has 1 aliphatic heterocycles. The zero-order valence-corrected chi connectivity index (χ0v) is 13.8. The van der Waals surface area contributed by atoms with E-state index in [4.69, 9.17) is 4.74 Å². The molecule has 3 heteroatoms. The highest BCUT2D eigenvalue weighted by atomic mass is 16.6. The van der Waals surface area contributed by atoms with Gasteiger partial charge in [0.2, 0.25) is 0 Å². The molecular formula is C21H23NO2. The van der Waals surface area contributed by atoms with Crippen molar-refractivity contribution >= 4 is 6.09 Å². The molecule has 3 rings (SSSR count). The van der Waals surface area contributed by atoms with Crippen LogP contribution >= 0.6 is 0 Å². The van der Waals surface area contributed by atoms with Gasteiger partial charge in [0.1, 0.15) is 6.61 Å². The number of benzene rings is 2. The van der Waals surface area contributed by atoms with Crippen molar-refractivity contribution in [3.05, 3.63) is 84.4 Å². The number of carbonyl (C=O) groups is 1. The monoisotopic (exact) mass is 321 g/mol. The van der Waals surface area contributed by atoms with Crippen LogP contribution in [0.15, 0.2) is 73.3 Å². The van der Waals surface area contributed by atoms with Gasteiger partial charge in [-0.05, 0) is 30.4 Å². The summed E-state index contributed by atoms with van der Waals surface area (Å²) in [5, 5.41) is 0. The highest BCUT2D eigenvalue weighted by Crippen LogP contribution is 2.32. The van der Waals surface area contributed by atoms with E-state index in [-0.39, 0.29) is 18.2 Å².